The van der Waals surface area contributed by atoms with Gasteiger partial charge in [-0.3, -0.25) is 0 Å². The summed E-state index contributed by atoms with van der Waals surface area (Å²) in [5.74, 6) is 2.24. The summed E-state index contributed by atoms with van der Waals surface area (Å²) in [5.41, 5.74) is 9.20. The quantitative estimate of drug-likeness (QED) is 0.591. The Morgan fingerprint density at radius 3 is 2.70 bits per heavy atom. The van der Waals surface area contributed by atoms with Crippen LogP contribution in [0, 0.1) is 6.92 Å². The van der Waals surface area contributed by atoms with Crippen LogP contribution in [0.4, 0.5) is 5.82 Å². The molecule has 134 valence electrons. The van der Waals surface area contributed by atoms with Gasteiger partial charge in [0.15, 0.2) is 23.0 Å². The molecule has 0 unspecified atom stereocenters. The van der Waals surface area contributed by atoms with E-state index in [0.717, 1.165) is 16.8 Å². The van der Waals surface area contributed by atoms with Gasteiger partial charge in [0.05, 0.1) is 5.69 Å². The smallest absolute Gasteiger partial charge is 0.282 e. The second-order valence-corrected chi connectivity index (χ2v) is 6.06. The number of hydrogen-bond acceptors (Lipinski definition) is 8. The molecular formula is C18H14N6O3. The lowest BCUT2D eigenvalue weighted by Gasteiger charge is -2.02. The number of rotatable bonds is 3. The van der Waals surface area contributed by atoms with Crippen LogP contribution in [0.5, 0.6) is 11.5 Å². The van der Waals surface area contributed by atoms with Crippen molar-refractivity contribution in [2.45, 2.75) is 6.92 Å². The van der Waals surface area contributed by atoms with E-state index in [2.05, 4.69) is 20.5 Å². The van der Waals surface area contributed by atoms with Crippen LogP contribution >= 0.6 is 0 Å². The van der Waals surface area contributed by atoms with Gasteiger partial charge < -0.3 is 19.7 Å². The van der Waals surface area contributed by atoms with Crippen molar-refractivity contribution in [3.8, 4) is 40.2 Å². The number of ether oxygens (including phenoxy) is 2. The number of nitrogens with two attached hydrogens (primary N) is 1. The molecule has 0 fully saturated rings. The number of fused-ring (bicyclic) bond motifs is 1. The van der Waals surface area contributed by atoms with Gasteiger partial charge in [0.25, 0.3) is 5.89 Å². The Kier molecular flexibility index (Phi) is 3.32. The fourth-order valence-electron chi connectivity index (χ4n) is 2.79. The molecule has 9 nitrogen and oxygen atoms in total. The molecule has 0 bridgehead atoms. The van der Waals surface area contributed by atoms with Gasteiger partial charge in [-0.25, -0.2) is 0 Å². The molecule has 4 aromatic rings. The van der Waals surface area contributed by atoms with Crippen molar-refractivity contribution >= 4 is 5.82 Å². The normalized spacial score (nSPS) is 12.5. The average molecular weight is 362 g/mol. The number of aromatic nitrogens is 5. The van der Waals surface area contributed by atoms with Crippen molar-refractivity contribution in [2.75, 3.05) is 12.5 Å². The molecule has 1 aliphatic rings. The predicted octanol–water partition coefficient (Wildman–Crippen LogP) is 2.60. The number of benzene rings is 2. The van der Waals surface area contributed by atoms with Crippen molar-refractivity contribution in [1.29, 1.82) is 0 Å². The fourth-order valence-corrected chi connectivity index (χ4v) is 2.79. The van der Waals surface area contributed by atoms with E-state index in [1.54, 1.807) is 12.1 Å². The highest BCUT2D eigenvalue weighted by Crippen LogP contribution is 2.35. The first-order chi connectivity index (χ1) is 13.2. The van der Waals surface area contributed by atoms with Gasteiger partial charge in [-0.15, -0.1) is 5.10 Å². The minimum Gasteiger partial charge on any atom is -0.454 e. The lowest BCUT2D eigenvalue weighted by Crippen LogP contribution is -2.02. The van der Waals surface area contributed by atoms with E-state index in [1.807, 2.05) is 37.3 Å². The monoisotopic (exact) mass is 362 g/mol. The van der Waals surface area contributed by atoms with Crippen LogP contribution in [0.2, 0.25) is 0 Å². The first kappa shape index (κ1) is 15.4. The van der Waals surface area contributed by atoms with Crippen LogP contribution in [-0.4, -0.2) is 31.9 Å². The van der Waals surface area contributed by atoms with E-state index in [0.29, 0.717) is 28.8 Å². The van der Waals surface area contributed by atoms with E-state index >= 15 is 0 Å². The summed E-state index contributed by atoms with van der Waals surface area (Å²) >= 11 is 0. The maximum Gasteiger partial charge on any atom is 0.282 e. The zero-order valence-corrected chi connectivity index (χ0v) is 14.3. The molecule has 0 amide bonds. The van der Waals surface area contributed by atoms with Gasteiger partial charge in [0.2, 0.25) is 12.6 Å². The van der Waals surface area contributed by atoms with Crippen LogP contribution in [-0.2, 0) is 0 Å². The SMILES string of the molecule is Cc1ccc(-n2nnc(-c3nc(-c4ccc5c(c4)OCO5)no3)c2N)cc1. The van der Waals surface area contributed by atoms with E-state index in [-0.39, 0.29) is 12.7 Å². The van der Waals surface area contributed by atoms with Crippen molar-refractivity contribution in [1.82, 2.24) is 25.1 Å². The topological polar surface area (TPSA) is 114 Å². The summed E-state index contributed by atoms with van der Waals surface area (Å²) < 4.78 is 17.6. The molecular weight excluding hydrogens is 348 g/mol. The zero-order chi connectivity index (χ0) is 18.4. The maximum absolute atomic E-state index is 6.20. The molecule has 5 rings (SSSR count). The summed E-state index contributed by atoms with van der Waals surface area (Å²) in [4.78, 5) is 4.39. The van der Waals surface area contributed by atoms with Crippen LogP contribution in [0.15, 0.2) is 47.0 Å². The molecule has 0 radical (unpaired) electrons. The molecule has 1 aliphatic heterocycles. The van der Waals surface area contributed by atoms with E-state index in [4.69, 9.17) is 19.7 Å². The third-order valence-electron chi connectivity index (χ3n) is 4.24. The molecule has 2 aromatic heterocycles. The van der Waals surface area contributed by atoms with Gasteiger partial charge >= 0.3 is 0 Å². The van der Waals surface area contributed by atoms with Crippen molar-refractivity contribution in [2.24, 2.45) is 0 Å². The van der Waals surface area contributed by atoms with E-state index in [1.165, 1.54) is 4.68 Å². The summed E-state index contributed by atoms with van der Waals surface area (Å²) in [6.07, 6.45) is 0. The molecule has 0 saturated carbocycles. The number of aryl methyl sites for hydroxylation is 1. The summed E-state index contributed by atoms with van der Waals surface area (Å²) in [7, 11) is 0. The van der Waals surface area contributed by atoms with Crippen LogP contribution in [0.25, 0.3) is 28.7 Å². The molecule has 3 heterocycles. The summed E-state index contributed by atoms with van der Waals surface area (Å²) in [6, 6.07) is 13.2. The van der Waals surface area contributed by atoms with E-state index < -0.39 is 0 Å². The lowest BCUT2D eigenvalue weighted by molar-refractivity contribution is 0.174. The van der Waals surface area contributed by atoms with Gasteiger partial charge in [0.1, 0.15) is 0 Å². The summed E-state index contributed by atoms with van der Waals surface area (Å²) in [5, 5.41) is 12.2. The lowest BCUT2D eigenvalue weighted by atomic mass is 10.2. The molecule has 0 atom stereocenters. The second kappa shape index (κ2) is 5.84. The fraction of sp³-hybridized carbons (Fsp3) is 0.111. The average Bonchev–Trinajstić information content (AvgIpc) is 3.41. The van der Waals surface area contributed by atoms with Crippen molar-refractivity contribution < 1.29 is 14.0 Å². The third kappa shape index (κ3) is 2.56. The largest absolute Gasteiger partial charge is 0.454 e. The van der Waals surface area contributed by atoms with Gasteiger partial charge in [-0.1, -0.05) is 28.1 Å². The third-order valence-corrected chi connectivity index (χ3v) is 4.24. The maximum atomic E-state index is 6.20. The highest BCUT2D eigenvalue weighted by atomic mass is 16.7. The molecule has 0 aliphatic carbocycles. The standard InChI is InChI=1S/C18H14N6O3/c1-10-2-5-12(6-3-10)24-16(19)15(21-23-24)18-20-17(22-27-18)11-4-7-13-14(8-11)26-9-25-13/h2-8H,9,19H2,1H3. The number of nitrogens with zero attached hydrogens (tertiary/aromatic N) is 5. The molecule has 0 spiro atoms. The van der Waals surface area contributed by atoms with Crippen LogP contribution < -0.4 is 15.2 Å². The van der Waals surface area contributed by atoms with Gasteiger partial charge in [0, 0.05) is 5.56 Å². The Labute approximate surface area is 153 Å². The Morgan fingerprint density at radius 2 is 1.85 bits per heavy atom. The minimum atomic E-state index is 0.193. The Morgan fingerprint density at radius 1 is 1.04 bits per heavy atom. The number of anilines is 1. The van der Waals surface area contributed by atoms with Crippen molar-refractivity contribution in [3.05, 3.63) is 48.0 Å². The van der Waals surface area contributed by atoms with E-state index in [9.17, 15) is 0 Å². The predicted molar refractivity (Wildman–Crippen MR) is 95.4 cm³/mol. The molecule has 2 aromatic carbocycles. The molecule has 0 saturated heterocycles. The Balaban J connectivity index is 1.49. The van der Waals surface area contributed by atoms with Crippen LogP contribution in [0.1, 0.15) is 5.56 Å². The first-order valence-electron chi connectivity index (χ1n) is 8.21. The second-order valence-electron chi connectivity index (χ2n) is 6.06. The Hall–Kier alpha value is -3.88. The minimum absolute atomic E-state index is 0.193. The summed E-state index contributed by atoms with van der Waals surface area (Å²) in [6.45, 7) is 2.21. The molecule has 27 heavy (non-hydrogen) atoms. The highest BCUT2D eigenvalue weighted by molar-refractivity contribution is 5.67. The van der Waals surface area contributed by atoms with Gasteiger partial charge in [-0.05, 0) is 37.3 Å². The highest BCUT2D eigenvalue weighted by Gasteiger charge is 2.21. The number of hydrogen-bond donors (Lipinski definition) is 1. The zero-order valence-electron chi connectivity index (χ0n) is 14.3. The number of nitrogen functional groups attached to an aromatic ring is 1. The van der Waals surface area contributed by atoms with Crippen molar-refractivity contribution in [3.63, 3.8) is 0 Å². The van der Waals surface area contributed by atoms with Gasteiger partial charge in [-0.2, -0.15) is 9.67 Å². The molecule has 9 heteroatoms. The van der Waals surface area contributed by atoms with Crippen LogP contribution in [0.3, 0.4) is 0 Å². The Bertz CT molecular complexity index is 1130. The first-order valence-corrected chi connectivity index (χ1v) is 8.21. The molecule has 2 N–H and O–H groups in total.